The first kappa shape index (κ1) is 22.9. The fraction of sp³-hybridized carbons (Fsp3) is 0.478. The fourth-order valence-electron chi connectivity index (χ4n) is 4.52. The van der Waals surface area contributed by atoms with Crippen molar-refractivity contribution in [2.45, 2.75) is 42.7 Å². The van der Waals surface area contributed by atoms with Crippen LogP contribution in [0.2, 0.25) is 0 Å². The molecular weight excluding hydrogens is 438 g/mol. The Kier molecular flexibility index (Phi) is 6.97. The molecule has 2 saturated heterocycles. The minimum absolute atomic E-state index is 0.0240. The zero-order chi connectivity index (χ0) is 22.7. The van der Waals surface area contributed by atoms with Crippen molar-refractivity contribution in [1.82, 2.24) is 9.21 Å². The molecule has 0 aliphatic carbocycles. The van der Waals surface area contributed by atoms with E-state index in [1.54, 1.807) is 18.2 Å². The van der Waals surface area contributed by atoms with Gasteiger partial charge in [0.25, 0.3) is 0 Å². The second kappa shape index (κ2) is 9.72. The molecule has 0 atom stereocenters. The number of hydrogen-bond donors (Lipinski definition) is 0. The van der Waals surface area contributed by atoms with Crippen LogP contribution in [0.15, 0.2) is 47.4 Å². The maximum atomic E-state index is 13.8. The summed E-state index contributed by atoms with van der Waals surface area (Å²) in [6, 6.07) is 10.3. The molecule has 0 N–H and O–H groups in total. The van der Waals surface area contributed by atoms with Gasteiger partial charge in [-0.1, -0.05) is 12.1 Å². The van der Waals surface area contributed by atoms with E-state index in [0.717, 1.165) is 32.0 Å². The predicted molar refractivity (Wildman–Crippen MR) is 116 cm³/mol. The van der Waals surface area contributed by atoms with Crippen LogP contribution in [0.5, 0.6) is 11.5 Å². The molecule has 2 aliphatic rings. The summed E-state index contributed by atoms with van der Waals surface area (Å²) in [5.74, 6) is -0.527. The standard InChI is InChI=1S/C23H28F2N2O4S/c1-30-22-7-6-17(24)16-23(22)32(28,29)27-14-8-18(9-15-27)26-12-10-19(11-13-26)31-21-5-3-2-4-20(21)25/h2-7,16,18-19H,8-15H2,1H3. The molecule has 32 heavy (non-hydrogen) atoms. The van der Waals surface area contributed by atoms with Crippen LogP contribution in [0.4, 0.5) is 8.78 Å². The maximum Gasteiger partial charge on any atom is 0.246 e. The van der Waals surface area contributed by atoms with Gasteiger partial charge in [-0.05, 0) is 56.0 Å². The lowest BCUT2D eigenvalue weighted by Crippen LogP contribution is -2.50. The molecule has 0 saturated carbocycles. The van der Waals surface area contributed by atoms with Crippen molar-refractivity contribution in [2.24, 2.45) is 0 Å². The molecule has 2 heterocycles. The first-order valence-corrected chi connectivity index (χ1v) is 12.3. The summed E-state index contributed by atoms with van der Waals surface area (Å²) in [7, 11) is -2.46. The molecule has 0 spiro atoms. The Hall–Kier alpha value is -2.23. The van der Waals surface area contributed by atoms with E-state index >= 15 is 0 Å². The van der Waals surface area contributed by atoms with Crippen LogP contribution >= 0.6 is 0 Å². The first-order chi connectivity index (χ1) is 15.4. The van der Waals surface area contributed by atoms with Gasteiger partial charge in [0, 0.05) is 32.2 Å². The van der Waals surface area contributed by atoms with Crippen LogP contribution in [-0.4, -0.2) is 63.1 Å². The Labute approximate surface area is 187 Å². The van der Waals surface area contributed by atoms with Gasteiger partial charge >= 0.3 is 0 Å². The second-order valence-electron chi connectivity index (χ2n) is 8.21. The molecule has 4 rings (SSSR count). The molecule has 2 aromatic rings. The van der Waals surface area contributed by atoms with E-state index in [1.807, 2.05) is 0 Å². The number of likely N-dealkylation sites (tertiary alicyclic amines) is 1. The van der Waals surface area contributed by atoms with E-state index < -0.39 is 15.8 Å². The van der Waals surface area contributed by atoms with Crippen molar-refractivity contribution in [3.05, 3.63) is 54.1 Å². The van der Waals surface area contributed by atoms with E-state index in [0.29, 0.717) is 25.9 Å². The highest BCUT2D eigenvalue weighted by atomic mass is 32.2. The van der Waals surface area contributed by atoms with E-state index in [-0.39, 0.29) is 34.4 Å². The summed E-state index contributed by atoms with van der Waals surface area (Å²) in [5.41, 5.74) is 0. The summed E-state index contributed by atoms with van der Waals surface area (Å²) in [6.45, 7) is 2.40. The van der Waals surface area contributed by atoms with Crippen LogP contribution in [0.25, 0.3) is 0 Å². The summed E-state index contributed by atoms with van der Waals surface area (Å²) < 4.78 is 66.0. The van der Waals surface area contributed by atoms with Gasteiger partial charge in [-0.2, -0.15) is 4.31 Å². The van der Waals surface area contributed by atoms with Gasteiger partial charge in [0.05, 0.1) is 7.11 Å². The van der Waals surface area contributed by atoms with Crippen molar-refractivity contribution >= 4 is 10.0 Å². The average molecular weight is 467 g/mol. The van der Waals surface area contributed by atoms with Crippen LogP contribution in [0.3, 0.4) is 0 Å². The number of methoxy groups -OCH3 is 1. The molecule has 0 radical (unpaired) electrons. The van der Waals surface area contributed by atoms with Gasteiger partial charge in [0.15, 0.2) is 11.6 Å². The smallest absolute Gasteiger partial charge is 0.246 e. The minimum Gasteiger partial charge on any atom is -0.495 e. The van der Waals surface area contributed by atoms with Gasteiger partial charge in [0.1, 0.15) is 22.6 Å². The summed E-state index contributed by atoms with van der Waals surface area (Å²) in [5, 5.41) is 0. The van der Waals surface area contributed by atoms with Crippen molar-refractivity contribution in [1.29, 1.82) is 0 Å². The van der Waals surface area contributed by atoms with Crippen LogP contribution in [-0.2, 0) is 10.0 Å². The third-order valence-corrected chi connectivity index (χ3v) is 8.21. The normalized spacial score (nSPS) is 19.7. The topological polar surface area (TPSA) is 59.1 Å². The number of nitrogens with zero attached hydrogens (tertiary/aromatic N) is 2. The molecule has 0 bridgehead atoms. The van der Waals surface area contributed by atoms with E-state index in [1.165, 1.54) is 29.6 Å². The predicted octanol–water partition coefficient (Wildman–Crippen LogP) is 3.67. The van der Waals surface area contributed by atoms with Crippen molar-refractivity contribution in [2.75, 3.05) is 33.3 Å². The number of para-hydroxylation sites is 1. The SMILES string of the molecule is COc1ccc(F)cc1S(=O)(=O)N1CCC(N2CCC(Oc3ccccc3F)CC2)CC1. The number of piperidine rings is 2. The highest BCUT2D eigenvalue weighted by Crippen LogP contribution is 2.31. The average Bonchev–Trinajstić information content (AvgIpc) is 2.81. The quantitative estimate of drug-likeness (QED) is 0.650. The van der Waals surface area contributed by atoms with Crippen LogP contribution < -0.4 is 9.47 Å². The lowest BCUT2D eigenvalue weighted by Gasteiger charge is -2.41. The second-order valence-corrected chi connectivity index (χ2v) is 10.1. The number of benzene rings is 2. The van der Waals surface area contributed by atoms with Crippen LogP contribution in [0, 0.1) is 11.6 Å². The largest absolute Gasteiger partial charge is 0.495 e. The third kappa shape index (κ3) is 4.89. The Morgan fingerprint density at radius 2 is 1.59 bits per heavy atom. The molecule has 2 fully saturated rings. The molecule has 2 aromatic carbocycles. The molecular formula is C23H28F2N2O4S. The lowest BCUT2D eigenvalue weighted by atomic mass is 10.00. The van der Waals surface area contributed by atoms with Gasteiger partial charge in [-0.3, -0.25) is 0 Å². The van der Waals surface area contributed by atoms with Crippen LogP contribution in [0.1, 0.15) is 25.7 Å². The zero-order valence-electron chi connectivity index (χ0n) is 18.0. The monoisotopic (exact) mass is 466 g/mol. The summed E-state index contributed by atoms with van der Waals surface area (Å²) in [6.07, 6.45) is 2.98. The zero-order valence-corrected chi connectivity index (χ0v) is 18.9. The molecule has 0 amide bonds. The number of hydrogen-bond acceptors (Lipinski definition) is 5. The molecule has 0 aromatic heterocycles. The van der Waals surface area contributed by atoms with Gasteiger partial charge in [0.2, 0.25) is 10.0 Å². The minimum atomic E-state index is -3.83. The van der Waals surface area contributed by atoms with Gasteiger partial charge in [-0.25, -0.2) is 17.2 Å². The van der Waals surface area contributed by atoms with E-state index in [9.17, 15) is 17.2 Å². The molecule has 174 valence electrons. The molecule has 9 heteroatoms. The Morgan fingerprint density at radius 3 is 2.25 bits per heavy atom. The molecule has 0 unspecified atom stereocenters. The third-order valence-electron chi connectivity index (χ3n) is 6.29. The lowest BCUT2D eigenvalue weighted by molar-refractivity contribution is 0.0567. The molecule has 2 aliphatic heterocycles. The highest BCUT2D eigenvalue weighted by Gasteiger charge is 2.35. The Morgan fingerprint density at radius 1 is 0.906 bits per heavy atom. The Balaban J connectivity index is 1.32. The number of sulfonamides is 1. The van der Waals surface area contributed by atoms with Crippen molar-refractivity contribution in [3.63, 3.8) is 0 Å². The number of ether oxygens (including phenoxy) is 2. The number of halogens is 2. The first-order valence-electron chi connectivity index (χ1n) is 10.9. The summed E-state index contributed by atoms with van der Waals surface area (Å²) in [4.78, 5) is 2.23. The highest BCUT2D eigenvalue weighted by molar-refractivity contribution is 7.89. The Bertz CT molecular complexity index is 1030. The summed E-state index contributed by atoms with van der Waals surface area (Å²) >= 11 is 0. The van der Waals surface area contributed by atoms with E-state index in [4.69, 9.17) is 9.47 Å². The number of rotatable bonds is 6. The fourth-order valence-corrected chi connectivity index (χ4v) is 6.15. The van der Waals surface area contributed by atoms with Gasteiger partial charge < -0.3 is 14.4 Å². The van der Waals surface area contributed by atoms with Crippen molar-refractivity contribution in [3.8, 4) is 11.5 Å². The maximum absolute atomic E-state index is 13.8. The van der Waals surface area contributed by atoms with E-state index in [2.05, 4.69) is 4.90 Å². The van der Waals surface area contributed by atoms with Gasteiger partial charge in [-0.15, -0.1) is 0 Å². The van der Waals surface area contributed by atoms with Crippen molar-refractivity contribution < 1.29 is 26.7 Å². The molecule has 6 nitrogen and oxygen atoms in total.